The summed E-state index contributed by atoms with van der Waals surface area (Å²) in [5, 5.41) is 0.255. The zero-order chi connectivity index (χ0) is 24.6. The maximum absolute atomic E-state index is 6.31. The van der Waals surface area contributed by atoms with Crippen molar-refractivity contribution in [1.82, 2.24) is 0 Å². The van der Waals surface area contributed by atoms with Crippen LogP contribution in [0.4, 0.5) is 0 Å². The Morgan fingerprint density at radius 2 is 1.59 bits per heavy atom. The van der Waals surface area contributed by atoms with Gasteiger partial charge in [-0.2, -0.15) is 0 Å². The zero-order valence-corrected chi connectivity index (χ0v) is 24.8. The van der Waals surface area contributed by atoms with E-state index in [9.17, 15) is 0 Å². The van der Waals surface area contributed by atoms with Crippen molar-refractivity contribution < 1.29 is 14.0 Å². The number of hydrogen-bond donors (Lipinski definition) is 0. The average Bonchev–Trinajstić information content (AvgIpc) is 2.83. The normalized spacial score (nSPS) is 25.4. The average molecular weight is 475 g/mol. The molecule has 2 atom stereocenters. The minimum absolute atomic E-state index is 0.169. The second-order valence-corrected chi connectivity index (χ2v) is 24.0. The van der Waals surface area contributed by atoms with Gasteiger partial charge in [0.25, 0.3) is 0 Å². The van der Waals surface area contributed by atoms with E-state index < -0.39 is 16.1 Å². The molecule has 0 bridgehead atoms. The summed E-state index contributed by atoms with van der Waals surface area (Å²) in [5.74, 6) is 4.03. The maximum atomic E-state index is 6.31. The fourth-order valence-corrected chi connectivity index (χ4v) is 4.92. The predicted octanol–water partition coefficient (Wildman–Crippen LogP) is 6.75. The van der Waals surface area contributed by atoms with Crippen molar-refractivity contribution in [3.05, 3.63) is 23.7 Å². The van der Waals surface area contributed by atoms with Crippen molar-refractivity contribution in [2.24, 2.45) is 11.8 Å². The van der Waals surface area contributed by atoms with Gasteiger partial charge in [-0.3, -0.25) is 0 Å². The predicted molar refractivity (Wildman–Crippen MR) is 144 cm³/mol. The van der Waals surface area contributed by atoms with E-state index in [1.54, 1.807) is 0 Å². The van der Waals surface area contributed by atoms with E-state index in [0.717, 1.165) is 12.1 Å². The summed E-state index contributed by atoms with van der Waals surface area (Å²) in [6.45, 7) is 28.8. The van der Waals surface area contributed by atoms with Gasteiger partial charge in [-0.25, -0.2) is 0 Å². The van der Waals surface area contributed by atoms with Gasteiger partial charge in [0.05, 0.1) is 17.8 Å². The lowest BCUT2D eigenvalue weighted by Crippen LogP contribution is -2.41. The molecule has 0 N–H and O–H groups in total. The van der Waals surface area contributed by atoms with Crippen molar-refractivity contribution in [2.75, 3.05) is 13.2 Å². The van der Waals surface area contributed by atoms with E-state index in [4.69, 9.17) is 14.0 Å². The summed E-state index contributed by atoms with van der Waals surface area (Å²) in [6.07, 6.45) is 6.69. The first-order chi connectivity index (χ1) is 14.3. The highest BCUT2D eigenvalue weighted by atomic mass is 28.3. The SMILES string of the molecule is CC1(C)OB(C2=CC(COCC[Si](C)(C)C)C(C#C[Si](C)(C)C(C)(C)C)C=C2)OC1(C)C. The summed E-state index contributed by atoms with van der Waals surface area (Å²) in [6, 6.07) is 1.18. The fourth-order valence-electron chi connectivity index (χ4n) is 3.26. The molecule has 0 aromatic heterocycles. The lowest BCUT2D eigenvalue weighted by atomic mass is 9.71. The van der Waals surface area contributed by atoms with Gasteiger partial charge in [-0.05, 0) is 44.2 Å². The molecule has 3 nitrogen and oxygen atoms in total. The first-order valence-corrected chi connectivity index (χ1v) is 18.9. The van der Waals surface area contributed by atoms with Crippen LogP contribution in [0.3, 0.4) is 0 Å². The van der Waals surface area contributed by atoms with Crippen LogP contribution in [0.15, 0.2) is 23.7 Å². The standard InChI is InChI=1S/C26H47BO3Si2/c1-24(2,3)32(11,12)17-15-21-13-14-23(27-29-25(4,5)26(6,7)30-27)19-22(21)20-28-16-18-31(8,9)10/h13-14,19,21-22H,16,18,20H2,1-12H3. The largest absolute Gasteiger partial charge is 0.494 e. The Balaban J connectivity index is 2.22. The third-order valence-electron chi connectivity index (χ3n) is 7.62. The van der Waals surface area contributed by atoms with Gasteiger partial charge < -0.3 is 14.0 Å². The topological polar surface area (TPSA) is 27.7 Å². The van der Waals surface area contributed by atoms with Crippen molar-refractivity contribution in [3.8, 4) is 11.5 Å². The minimum atomic E-state index is -1.66. The Morgan fingerprint density at radius 3 is 2.09 bits per heavy atom. The monoisotopic (exact) mass is 474 g/mol. The van der Waals surface area contributed by atoms with Crippen LogP contribution in [0.1, 0.15) is 48.5 Å². The molecule has 2 rings (SSSR count). The quantitative estimate of drug-likeness (QED) is 0.242. The van der Waals surface area contributed by atoms with E-state index >= 15 is 0 Å². The van der Waals surface area contributed by atoms with Crippen LogP contribution < -0.4 is 0 Å². The summed E-state index contributed by atoms with van der Waals surface area (Å²) in [5.41, 5.74) is 4.13. The number of hydrogen-bond acceptors (Lipinski definition) is 3. The van der Waals surface area contributed by atoms with E-state index in [1.165, 1.54) is 6.04 Å². The van der Waals surface area contributed by atoms with Gasteiger partial charge in [-0.1, -0.05) is 71.7 Å². The molecule has 0 radical (unpaired) electrons. The van der Waals surface area contributed by atoms with Gasteiger partial charge in [0.2, 0.25) is 0 Å². The zero-order valence-electron chi connectivity index (χ0n) is 22.8. The third-order valence-corrected chi connectivity index (χ3v) is 13.8. The van der Waals surface area contributed by atoms with Crippen LogP contribution in [-0.2, 0) is 14.0 Å². The van der Waals surface area contributed by atoms with Crippen LogP contribution in [-0.4, -0.2) is 47.7 Å². The molecule has 2 unspecified atom stereocenters. The molecule has 1 heterocycles. The lowest BCUT2D eigenvalue weighted by Gasteiger charge is -2.32. The van der Waals surface area contributed by atoms with Crippen molar-refractivity contribution >= 4 is 23.3 Å². The van der Waals surface area contributed by atoms with Gasteiger partial charge in [0.15, 0.2) is 0 Å². The molecule has 0 saturated carbocycles. The van der Waals surface area contributed by atoms with Crippen LogP contribution >= 0.6 is 0 Å². The van der Waals surface area contributed by atoms with E-state index in [2.05, 4.69) is 111 Å². The Hall–Kier alpha value is -0.581. The lowest BCUT2D eigenvalue weighted by molar-refractivity contribution is 0.00578. The van der Waals surface area contributed by atoms with Gasteiger partial charge in [0.1, 0.15) is 8.07 Å². The second kappa shape index (κ2) is 9.58. The highest BCUT2D eigenvalue weighted by molar-refractivity contribution is 6.87. The molecule has 1 saturated heterocycles. The highest BCUT2D eigenvalue weighted by Gasteiger charge is 2.52. The molecule has 180 valence electrons. The summed E-state index contributed by atoms with van der Waals surface area (Å²) in [4.78, 5) is 0. The third kappa shape index (κ3) is 6.96. The van der Waals surface area contributed by atoms with Gasteiger partial charge in [-0.15, -0.1) is 11.5 Å². The Bertz CT molecular complexity index is 773. The molecule has 6 heteroatoms. The van der Waals surface area contributed by atoms with Crippen LogP contribution in [0, 0.1) is 23.3 Å². The molecule has 32 heavy (non-hydrogen) atoms. The van der Waals surface area contributed by atoms with Gasteiger partial charge >= 0.3 is 7.12 Å². The Morgan fingerprint density at radius 1 is 1.03 bits per heavy atom. The smallest absolute Gasteiger partial charge is 0.399 e. The minimum Gasteiger partial charge on any atom is -0.399 e. The Kier molecular flexibility index (Phi) is 8.28. The van der Waals surface area contributed by atoms with E-state index in [0.29, 0.717) is 6.61 Å². The molecule has 2 aliphatic rings. The van der Waals surface area contributed by atoms with Crippen molar-refractivity contribution in [3.63, 3.8) is 0 Å². The van der Waals surface area contributed by atoms with Crippen molar-refractivity contribution in [2.45, 2.75) is 103 Å². The molecule has 0 amide bonds. The first kappa shape index (κ1) is 27.7. The van der Waals surface area contributed by atoms with E-state index in [1.807, 2.05) is 0 Å². The molecule has 1 aliphatic heterocycles. The number of allylic oxidation sites excluding steroid dienone is 3. The molecule has 0 aromatic carbocycles. The van der Waals surface area contributed by atoms with Crippen LogP contribution in [0.2, 0.25) is 43.8 Å². The summed E-state index contributed by atoms with van der Waals surface area (Å²) in [7, 11) is -3.11. The maximum Gasteiger partial charge on any atom is 0.494 e. The van der Waals surface area contributed by atoms with Crippen LogP contribution in [0.25, 0.3) is 0 Å². The molecular weight excluding hydrogens is 427 g/mol. The fraction of sp³-hybridized carbons (Fsp3) is 0.769. The molecule has 0 spiro atoms. The second-order valence-electron chi connectivity index (χ2n) is 13.3. The molecular formula is C26H47BO3Si2. The molecule has 1 fully saturated rings. The number of ether oxygens (including phenoxy) is 1. The molecule has 0 aromatic rings. The van der Waals surface area contributed by atoms with E-state index in [-0.39, 0.29) is 35.2 Å². The summed E-state index contributed by atoms with van der Waals surface area (Å²) >= 11 is 0. The Labute approximate surface area is 200 Å². The number of rotatable bonds is 6. The molecule has 1 aliphatic carbocycles. The highest BCUT2D eigenvalue weighted by Crippen LogP contribution is 2.40. The first-order valence-electron chi connectivity index (χ1n) is 12.2. The van der Waals surface area contributed by atoms with Crippen LogP contribution in [0.5, 0.6) is 0 Å². The van der Waals surface area contributed by atoms with Crippen molar-refractivity contribution in [1.29, 1.82) is 0 Å². The van der Waals surface area contributed by atoms with Gasteiger partial charge in [0, 0.05) is 26.5 Å². The summed E-state index contributed by atoms with van der Waals surface area (Å²) < 4.78 is 18.8.